The molecule has 2 aromatic heterocycles. The number of aromatic nitrogens is 4. The van der Waals surface area contributed by atoms with Gasteiger partial charge in [-0.1, -0.05) is 24.1 Å². The van der Waals surface area contributed by atoms with E-state index in [-0.39, 0.29) is 6.04 Å². The van der Waals surface area contributed by atoms with Crippen LogP contribution >= 0.6 is 0 Å². The first kappa shape index (κ1) is 14.8. The number of pyridine rings is 1. The van der Waals surface area contributed by atoms with Crippen molar-refractivity contribution < 1.29 is 0 Å². The minimum atomic E-state index is 0.161. The molecule has 126 valence electrons. The molecule has 1 saturated carbocycles. The summed E-state index contributed by atoms with van der Waals surface area (Å²) < 4.78 is 2.09. The minimum Gasteiger partial charge on any atom is -0.260 e. The number of hydrogen-bond donors (Lipinski definition) is 0. The van der Waals surface area contributed by atoms with Crippen LogP contribution in [0, 0.1) is 24.2 Å². The predicted octanol–water partition coefficient (Wildman–Crippen LogP) is 3.79. The molecule has 0 amide bonds. The van der Waals surface area contributed by atoms with Crippen LogP contribution in [0.2, 0.25) is 0 Å². The Balaban J connectivity index is 1.66. The molecule has 2 aromatic rings. The Morgan fingerprint density at radius 3 is 2.96 bits per heavy atom. The van der Waals surface area contributed by atoms with Crippen LogP contribution < -0.4 is 0 Å². The molecule has 0 N–H and O–H groups in total. The zero-order valence-electron chi connectivity index (χ0n) is 14.5. The van der Waals surface area contributed by atoms with Gasteiger partial charge in [0.2, 0.25) is 0 Å². The summed E-state index contributed by atoms with van der Waals surface area (Å²) in [7, 11) is 0. The maximum absolute atomic E-state index is 9.38. The van der Waals surface area contributed by atoms with E-state index in [0.717, 1.165) is 24.1 Å². The maximum atomic E-state index is 9.38. The molecule has 2 heterocycles. The Morgan fingerprint density at radius 2 is 2.16 bits per heavy atom. The van der Waals surface area contributed by atoms with Crippen molar-refractivity contribution in [2.45, 2.75) is 57.9 Å². The molecule has 0 bridgehead atoms. The molecule has 1 atom stereocenters. The van der Waals surface area contributed by atoms with Crippen LogP contribution in [0.5, 0.6) is 0 Å². The average Bonchev–Trinajstić information content (AvgIpc) is 3.35. The fourth-order valence-corrected chi connectivity index (χ4v) is 4.94. The number of fused-ring (bicyclic) bond motifs is 2. The molecule has 3 aliphatic carbocycles. The highest BCUT2D eigenvalue weighted by Gasteiger charge is 2.35. The van der Waals surface area contributed by atoms with Gasteiger partial charge >= 0.3 is 0 Å². The molecule has 0 saturated heterocycles. The highest BCUT2D eigenvalue weighted by molar-refractivity contribution is 5.90. The summed E-state index contributed by atoms with van der Waals surface area (Å²) in [6.45, 7) is 2.11. The van der Waals surface area contributed by atoms with Gasteiger partial charge in [0.1, 0.15) is 5.69 Å². The number of nitriles is 1. The van der Waals surface area contributed by atoms with Gasteiger partial charge in [-0.2, -0.15) is 5.26 Å². The summed E-state index contributed by atoms with van der Waals surface area (Å²) in [5, 5.41) is 18.5. The van der Waals surface area contributed by atoms with Gasteiger partial charge in [0.25, 0.3) is 0 Å². The van der Waals surface area contributed by atoms with E-state index in [9.17, 15) is 5.26 Å². The second kappa shape index (κ2) is 5.52. The van der Waals surface area contributed by atoms with E-state index in [4.69, 9.17) is 0 Å². The topological polar surface area (TPSA) is 67.4 Å². The van der Waals surface area contributed by atoms with Gasteiger partial charge in [0.15, 0.2) is 0 Å². The van der Waals surface area contributed by atoms with Crippen molar-refractivity contribution in [2.24, 2.45) is 5.92 Å². The maximum Gasteiger partial charge on any atom is 0.117 e. The first-order valence-electron chi connectivity index (χ1n) is 9.27. The monoisotopic (exact) mass is 331 g/mol. The van der Waals surface area contributed by atoms with Crippen LogP contribution in [0.4, 0.5) is 0 Å². The van der Waals surface area contributed by atoms with Gasteiger partial charge in [-0.05, 0) is 36.8 Å². The average molecular weight is 331 g/mol. The quantitative estimate of drug-likeness (QED) is 0.858. The lowest BCUT2D eigenvalue weighted by Crippen LogP contribution is -2.21. The molecule has 0 spiro atoms. The standard InChI is InChI=1S/C20H21N5/c1-12-11-22-15-7-6-14-10-17-20(18(12)19(14)15)23-24-25(17)16(8-9-21)13-4-2-3-5-13/h6,11,13,16H,2-5,7-8,10H2,1H3. The number of hydrogen-bond acceptors (Lipinski definition) is 4. The smallest absolute Gasteiger partial charge is 0.117 e. The third kappa shape index (κ3) is 2.10. The van der Waals surface area contributed by atoms with E-state index in [0.29, 0.717) is 12.3 Å². The molecule has 0 radical (unpaired) electrons. The predicted molar refractivity (Wildman–Crippen MR) is 94.6 cm³/mol. The first-order chi connectivity index (χ1) is 12.3. The zero-order chi connectivity index (χ0) is 17.0. The molecule has 1 unspecified atom stereocenters. The van der Waals surface area contributed by atoms with Gasteiger partial charge in [-0.25, -0.2) is 4.68 Å². The van der Waals surface area contributed by atoms with Crippen molar-refractivity contribution in [3.05, 3.63) is 34.8 Å². The number of allylic oxidation sites excluding steroid dienone is 2. The van der Waals surface area contributed by atoms with E-state index in [1.54, 1.807) is 0 Å². The van der Waals surface area contributed by atoms with Crippen molar-refractivity contribution in [1.82, 2.24) is 20.0 Å². The van der Waals surface area contributed by atoms with Crippen LogP contribution in [0.1, 0.15) is 60.7 Å². The highest BCUT2D eigenvalue weighted by atomic mass is 15.4. The summed E-state index contributed by atoms with van der Waals surface area (Å²) in [6, 6.07) is 2.55. The molecule has 5 heteroatoms. The van der Waals surface area contributed by atoms with Crippen molar-refractivity contribution in [2.75, 3.05) is 0 Å². The number of aryl methyl sites for hydroxylation is 1. The Bertz CT molecular complexity index is 924. The Morgan fingerprint density at radius 1 is 1.32 bits per heavy atom. The SMILES string of the molecule is Cc1cnc2c3c1-c1nnn(C(CC#N)C4CCCC4)c1CC3=CC2. The van der Waals surface area contributed by atoms with Crippen LogP contribution in [0.15, 0.2) is 12.3 Å². The van der Waals surface area contributed by atoms with Gasteiger partial charge in [-0.3, -0.25) is 4.98 Å². The molecule has 3 aliphatic rings. The number of rotatable bonds is 3. The third-order valence-electron chi connectivity index (χ3n) is 6.15. The molecule has 25 heavy (non-hydrogen) atoms. The summed E-state index contributed by atoms with van der Waals surface area (Å²) in [5.41, 5.74) is 8.39. The molecular weight excluding hydrogens is 310 g/mol. The van der Waals surface area contributed by atoms with E-state index >= 15 is 0 Å². The van der Waals surface area contributed by atoms with E-state index < -0.39 is 0 Å². The molecule has 5 nitrogen and oxygen atoms in total. The summed E-state index contributed by atoms with van der Waals surface area (Å²) in [6.07, 6.45) is 11.5. The summed E-state index contributed by atoms with van der Waals surface area (Å²) in [5.74, 6) is 0.554. The second-order valence-electron chi connectivity index (χ2n) is 7.55. The molecule has 0 aromatic carbocycles. The largest absolute Gasteiger partial charge is 0.260 e. The fraction of sp³-hybridized carbons (Fsp3) is 0.500. The zero-order valence-corrected chi connectivity index (χ0v) is 14.5. The number of nitrogens with zero attached hydrogens (tertiary/aromatic N) is 5. The fourth-order valence-electron chi connectivity index (χ4n) is 4.94. The Kier molecular flexibility index (Phi) is 3.27. The van der Waals surface area contributed by atoms with Crippen LogP contribution in [0.3, 0.4) is 0 Å². The second-order valence-corrected chi connectivity index (χ2v) is 7.55. The normalized spacial score (nSPS) is 19.3. The van der Waals surface area contributed by atoms with Gasteiger partial charge in [0.05, 0.1) is 29.9 Å². The first-order valence-corrected chi connectivity index (χ1v) is 9.27. The van der Waals surface area contributed by atoms with Crippen LogP contribution in [-0.4, -0.2) is 20.0 Å². The van der Waals surface area contributed by atoms with Crippen LogP contribution in [-0.2, 0) is 12.8 Å². The summed E-state index contributed by atoms with van der Waals surface area (Å²) >= 11 is 0. The van der Waals surface area contributed by atoms with Crippen molar-refractivity contribution in [3.8, 4) is 17.3 Å². The van der Waals surface area contributed by atoms with Crippen LogP contribution in [0.25, 0.3) is 16.8 Å². The minimum absolute atomic E-state index is 0.161. The van der Waals surface area contributed by atoms with Crippen molar-refractivity contribution >= 4 is 5.57 Å². The van der Waals surface area contributed by atoms with Gasteiger partial charge < -0.3 is 0 Å². The third-order valence-corrected chi connectivity index (χ3v) is 6.15. The lowest BCUT2D eigenvalue weighted by Gasteiger charge is -2.25. The lowest BCUT2D eigenvalue weighted by atomic mass is 9.87. The molecule has 1 fully saturated rings. The van der Waals surface area contributed by atoms with Crippen molar-refractivity contribution in [3.63, 3.8) is 0 Å². The summed E-state index contributed by atoms with van der Waals surface area (Å²) in [4.78, 5) is 4.61. The highest BCUT2D eigenvalue weighted by Crippen LogP contribution is 2.46. The lowest BCUT2D eigenvalue weighted by molar-refractivity contribution is 0.304. The van der Waals surface area contributed by atoms with Gasteiger partial charge in [-0.15, -0.1) is 5.10 Å². The van der Waals surface area contributed by atoms with E-state index in [1.807, 2.05) is 6.20 Å². The van der Waals surface area contributed by atoms with Gasteiger partial charge in [0, 0.05) is 30.2 Å². The molecule has 0 aliphatic heterocycles. The van der Waals surface area contributed by atoms with Crippen molar-refractivity contribution in [1.29, 1.82) is 5.26 Å². The molecular formula is C20H21N5. The van der Waals surface area contributed by atoms with E-state index in [1.165, 1.54) is 53.8 Å². The Hall–Kier alpha value is -2.48. The van der Waals surface area contributed by atoms with E-state index in [2.05, 4.69) is 39.0 Å². The molecule has 5 rings (SSSR count). The Labute approximate surface area is 147 Å².